The molecule has 110 valence electrons. The highest BCUT2D eigenvalue weighted by molar-refractivity contribution is 5.68. The predicted molar refractivity (Wildman–Crippen MR) is 81.8 cm³/mol. The highest BCUT2D eigenvalue weighted by atomic mass is 16.5. The van der Waals surface area contributed by atoms with Gasteiger partial charge in [-0.15, -0.1) is 10.2 Å². The molecule has 22 heavy (non-hydrogen) atoms. The van der Waals surface area contributed by atoms with Crippen LogP contribution in [0.25, 0.3) is 11.4 Å². The van der Waals surface area contributed by atoms with Gasteiger partial charge in [-0.05, 0) is 24.3 Å². The number of aromatic nitrogens is 3. The normalized spacial score (nSPS) is 11.0. The first kappa shape index (κ1) is 13.7. The Bertz CT molecular complexity index is 852. The van der Waals surface area contributed by atoms with Crippen molar-refractivity contribution < 1.29 is 4.74 Å². The number of pyridine rings is 1. The number of aromatic amines is 2. The van der Waals surface area contributed by atoms with Gasteiger partial charge in [-0.3, -0.25) is 20.0 Å². The zero-order chi connectivity index (χ0) is 15.4. The first-order valence-electron chi connectivity index (χ1n) is 6.56. The van der Waals surface area contributed by atoms with E-state index in [1.165, 1.54) is 0 Å². The van der Waals surface area contributed by atoms with Crippen LogP contribution < -0.4 is 10.3 Å². The second-order valence-corrected chi connectivity index (χ2v) is 4.39. The maximum Gasteiger partial charge on any atom is 0.292 e. The molecule has 2 aromatic heterocycles. The number of hydrogen-bond acceptors (Lipinski definition) is 5. The van der Waals surface area contributed by atoms with E-state index in [1.807, 2.05) is 18.2 Å². The average molecular weight is 295 g/mol. The Balaban J connectivity index is 2.01. The summed E-state index contributed by atoms with van der Waals surface area (Å²) in [5.41, 5.74) is 1.44. The van der Waals surface area contributed by atoms with Gasteiger partial charge in [0.15, 0.2) is 5.69 Å². The Labute approximate surface area is 125 Å². The van der Waals surface area contributed by atoms with Crippen LogP contribution in [0.2, 0.25) is 0 Å². The Morgan fingerprint density at radius 2 is 1.86 bits per heavy atom. The number of rotatable bonds is 4. The summed E-state index contributed by atoms with van der Waals surface area (Å²) < 4.78 is 5.20. The molecule has 0 spiro atoms. The summed E-state index contributed by atoms with van der Waals surface area (Å²) in [6.45, 7) is 0. The minimum absolute atomic E-state index is 0.171. The lowest BCUT2D eigenvalue weighted by Gasteiger charge is -2.01. The molecule has 0 fully saturated rings. The van der Waals surface area contributed by atoms with E-state index in [2.05, 4.69) is 25.4 Å². The molecule has 2 N–H and O–H groups in total. The van der Waals surface area contributed by atoms with E-state index in [4.69, 9.17) is 4.74 Å². The lowest BCUT2D eigenvalue weighted by Crippen LogP contribution is -1.96. The van der Waals surface area contributed by atoms with Crippen molar-refractivity contribution in [2.75, 3.05) is 7.11 Å². The van der Waals surface area contributed by atoms with Crippen LogP contribution in [0.15, 0.2) is 63.7 Å². The van der Waals surface area contributed by atoms with Gasteiger partial charge in [-0.2, -0.15) is 0 Å². The van der Waals surface area contributed by atoms with Gasteiger partial charge in [-0.25, -0.2) is 0 Å². The minimum atomic E-state index is -0.362. The fourth-order valence-electron chi connectivity index (χ4n) is 1.96. The summed E-state index contributed by atoms with van der Waals surface area (Å²) >= 11 is 0. The monoisotopic (exact) mass is 295 g/mol. The fraction of sp³-hybridized carbons (Fsp3) is 0.0667. The van der Waals surface area contributed by atoms with E-state index in [1.54, 1.807) is 37.6 Å². The fourth-order valence-corrected chi connectivity index (χ4v) is 1.96. The smallest absolute Gasteiger partial charge is 0.292 e. The van der Waals surface area contributed by atoms with Gasteiger partial charge < -0.3 is 4.74 Å². The van der Waals surface area contributed by atoms with Gasteiger partial charge in [0.25, 0.3) is 5.56 Å². The number of nitrogens with zero attached hydrogens (tertiary/aromatic N) is 3. The minimum Gasteiger partial charge on any atom is -0.494 e. The molecule has 0 atom stereocenters. The third-order valence-electron chi connectivity index (χ3n) is 3.02. The lowest BCUT2D eigenvalue weighted by atomic mass is 10.2. The van der Waals surface area contributed by atoms with Gasteiger partial charge in [0.2, 0.25) is 0 Å². The number of nitrogens with one attached hydrogen (secondary N) is 2. The number of para-hydroxylation sites is 1. The standard InChI is InChI=1S/C15H13N5O2/c1-22-12-8-3-2-6-10(12)17-19-14-13(18-20-15(14)21)11-7-4-5-9-16-11/h2-9H,1H3,(H2,18,20,21). The molecule has 2 heterocycles. The molecule has 0 unspecified atom stereocenters. The van der Waals surface area contributed by atoms with Crippen LogP contribution in [0.3, 0.4) is 0 Å². The van der Waals surface area contributed by atoms with Crippen LogP contribution in [0, 0.1) is 0 Å². The van der Waals surface area contributed by atoms with Crippen molar-refractivity contribution in [2.45, 2.75) is 0 Å². The summed E-state index contributed by atoms with van der Waals surface area (Å²) in [6.07, 6.45) is 1.64. The molecule has 0 aliphatic rings. The maximum absolute atomic E-state index is 11.9. The van der Waals surface area contributed by atoms with E-state index in [0.29, 0.717) is 22.8 Å². The Morgan fingerprint density at radius 1 is 1.05 bits per heavy atom. The molecule has 0 radical (unpaired) electrons. The summed E-state index contributed by atoms with van der Waals surface area (Å²) in [5.74, 6) is 0.581. The molecular weight excluding hydrogens is 282 g/mol. The molecule has 7 nitrogen and oxygen atoms in total. The number of methoxy groups -OCH3 is 1. The van der Waals surface area contributed by atoms with E-state index in [9.17, 15) is 4.79 Å². The highest BCUT2D eigenvalue weighted by Gasteiger charge is 2.12. The van der Waals surface area contributed by atoms with Crippen molar-refractivity contribution in [3.8, 4) is 17.1 Å². The van der Waals surface area contributed by atoms with Crippen molar-refractivity contribution in [3.05, 3.63) is 59.0 Å². The lowest BCUT2D eigenvalue weighted by molar-refractivity contribution is 0.416. The number of ether oxygens (including phenoxy) is 1. The average Bonchev–Trinajstić information content (AvgIpc) is 2.95. The SMILES string of the molecule is COc1ccccc1N=Nc1c(-c2ccccn2)[nH][nH]c1=O. The molecule has 3 rings (SSSR count). The van der Waals surface area contributed by atoms with Gasteiger partial charge in [-0.1, -0.05) is 18.2 Å². The van der Waals surface area contributed by atoms with Gasteiger partial charge >= 0.3 is 0 Å². The van der Waals surface area contributed by atoms with Gasteiger partial charge in [0, 0.05) is 6.20 Å². The molecule has 0 aliphatic carbocycles. The predicted octanol–water partition coefficient (Wildman–Crippen LogP) is 3.19. The third kappa shape index (κ3) is 2.64. The summed E-state index contributed by atoms with van der Waals surface area (Å²) in [7, 11) is 1.55. The molecule has 3 aromatic rings. The second kappa shape index (κ2) is 6.04. The zero-order valence-corrected chi connectivity index (χ0v) is 11.8. The Hall–Kier alpha value is -3.22. The van der Waals surface area contributed by atoms with Gasteiger partial charge in [0.05, 0.1) is 12.8 Å². The van der Waals surface area contributed by atoms with Crippen LogP contribution in [0.5, 0.6) is 5.75 Å². The van der Waals surface area contributed by atoms with Crippen LogP contribution in [0.4, 0.5) is 11.4 Å². The van der Waals surface area contributed by atoms with E-state index in [0.717, 1.165) is 0 Å². The van der Waals surface area contributed by atoms with Crippen molar-refractivity contribution in [2.24, 2.45) is 10.2 Å². The van der Waals surface area contributed by atoms with Gasteiger partial charge in [0.1, 0.15) is 17.1 Å². The van der Waals surface area contributed by atoms with Crippen LogP contribution >= 0.6 is 0 Å². The Morgan fingerprint density at radius 3 is 2.64 bits per heavy atom. The van der Waals surface area contributed by atoms with Crippen LogP contribution in [-0.2, 0) is 0 Å². The van der Waals surface area contributed by atoms with Crippen LogP contribution in [-0.4, -0.2) is 22.3 Å². The molecule has 0 saturated heterocycles. The number of hydrogen-bond donors (Lipinski definition) is 2. The largest absolute Gasteiger partial charge is 0.494 e. The first-order valence-corrected chi connectivity index (χ1v) is 6.56. The molecule has 0 amide bonds. The third-order valence-corrected chi connectivity index (χ3v) is 3.02. The first-order chi connectivity index (χ1) is 10.8. The Kier molecular flexibility index (Phi) is 3.78. The van der Waals surface area contributed by atoms with Crippen molar-refractivity contribution in [1.29, 1.82) is 0 Å². The quantitative estimate of drug-likeness (QED) is 0.723. The van der Waals surface area contributed by atoms with Crippen molar-refractivity contribution in [1.82, 2.24) is 15.2 Å². The molecule has 0 saturated carbocycles. The van der Waals surface area contributed by atoms with E-state index < -0.39 is 0 Å². The second-order valence-electron chi connectivity index (χ2n) is 4.39. The molecule has 0 aliphatic heterocycles. The summed E-state index contributed by atoms with van der Waals surface area (Å²) in [5, 5.41) is 13.4. The highest BCUT2D eigenvalue weighted by Crippen LogP contribution is 2.29. The topological polar surface area (TPSA) is 95.5 Å². The molecular formula is C15H13N5O2. The summed E-state index contributed by atoms with van der Waals surface area (Å²) in [4.78, 5) is 16.1. The molecule has 7 heteroatoms. The number of benzene rings is 1. The van der Waals surface area contributed by atoms with Crippen molar-refractivity contribution in [3.63, 3.8) is 0 Å². The maximum atomic E-state index is 11.9. The molecule has 1 aromatic carbocycles. The summed E-state index contributed by atoms with van der Waals surface area (Å²) in [6, 6.07) is 12.6. The van der Waals surface area contributed by atoms with E-state index in [-0.39, 0.29) is 11.2 Å². The zero-order valence-electron chi connectivity index (χ0n) is 11.8. The number of H-pyrrole nitrogens is 2. The molecule has 0 bridgehead atoms. The van der Waals surface area contributed by atoms with E-state index >= 15 is 0 Å². The van der Waals surface area contributed by atoms with Crippen LogP contribution in [0.1, 0.15) is 0 Å². The number of azo groups is 1. The van der Waals surface area contributed by atoms with Crippen molar-refractivity contribution >= 4 is 11.4 Å².